The summed E-state index contributed by atoms with van der Waals surface area (Å²) < 4.78 is 5.32. The largest absolute Gasteiger partial charge is 0.496 e. The van der Waals surface area contributed by atoms with Crippen molar-refractivity contribution in [2.45, 2.75) is 31.9 Å². The van der Waals surface area contributed by atoms with Crippen LogP contribution in [0, 0.1) is 6.92 Å². The fraction of sp³-hybridized carbons (Fsp3) is 0.600. The first kappa shape index (κ1) is 14.7. The molecule has 2 N–H and O–H groups in total. The molecular weight excluding hydrogens is 258 g/mol. The van der Waals surface area contributed by atoms with Gasteiger partial charge in [0.2, 0.25) is 0 Å². The number of aliphatic hydroxyl groups is 1. The minimum absolute atomic E-state index is 0.512. The second-order valence-electron chi connectivity index (χ2n) is 5.08. The molecule has 1 fully saturated rings. The van der Waals surface area contributed by atoms with Crippen LogP contribution in [0.3, 0.4) is 0 Å². The molecule has 0 saturated carbocycles. The van der Waals surface area contributed by atoms with Crippen LogP contribution in [0.25, 0.3) is 0 Å². The van der Waals surface area contributed by atoms with E-state index in [-0.39, 0.29) is 0 Å². The minimum atomic E-state index is -0.512. The molecule has 4 heteroatoms. The quantitative estimate of drug-likeness (QED) is 0.870. The maximum absolute atomic E-state index is 10.3. The molecule has 0 radical (unpaired) electrons. The topological polar surface area (TPSA) is 41.5 Å². The molecular formula is C15H23NO2S. The summed E-state index contributed by atoms with van der Waals surface area (Å²) in [5.41, 5.74) is 2.02. The lowest BCUT2D eigenvalue weighted by molar-refractivity contribution is 0.166. The molecule has 2 atom stereocenters. The van der Waals surface area contributed by atoms with Crippen LogP contribution in [0.5, 0.6) is 5.75 Å². The van der Waals surface area contributed by atoms with Gasteiger partial charge in [0.05, 0.1) is 13.2 Å². The van der Waals surface area contributed by atoms with E-state index in [1.165, 1.54) is 18.6 Å². The Morgan fingerprint density at radius 2 is 2.37 bits per heavy atom. The van der Waals surface area contributed by atoms with Gasteiger partial charge < -0.3 is 15.2 Å². The lowest BCUT2D eigenvalue weighted by Crippen LogP contribution is -2.36. The molecule has 0 spiro atoms. The van der Waals surface area contributed by atoms with Gasteiger partial charge >= 0.3 is 0 Å². The number of methoxy groups -OCH3 is 1. The minimum Gasteiger partial charge on any atom is -0.496 e. The van der Waals surface area contributed by atoms with Crippen LogP contribution in [-0.2, 0) is 0 Å². The number of aryl methyl sites for hydroxylation is 1. The van der Waals surface area contributed by atoms with Gasteiger partial charge in [-0.25, -0.2) is 0 Å². The van der Waals surface area contributed by atoms with Gasteiger partial charge in [0, 0.05) is 23.9 Å². The number of hydrogen-bond donors (Lipinski definition) is 2. The van der Waals surface area contributed by atoms with Crippen molar-refractivity contribution >= 4 is 11.8 Å². The molecule has 0 aromatic heterocycles. The third kappa shape index (κ3) is 4.13. The fourth-order valence-electron chi connectivity index (χ4n) is 2.40. The summed E-state index contributed by atoms with van der Waals surface area (Å²) in [6.45, 7) is 2.62. The van der Waals surface area contributed by atoms with Gasteiger partial charge in [-0.05, 0) is 37.7 Å². The molecule has 1 saturated heterocycles. The number of hydrogen-bond acceptors (Lipinski definition) is 4. The molecule has 0 amide bonds. The first-order valence-electron chi connectivity index (χ1n) is 6.84. The Bertz CT molecular complexity index is 405. The zero-order chi connectivity index (χ0) is 13.7. The highest BCUT2D eigenvalue weighted by molar-refractivity contribution is 7.99. The van der Waals surface area contributed by atoms with Crippen molar-refractivity contribution < 1.29 is 9.84 Å². The molecule has 3 nitrogen and oxygen atoms in total. The summed E-state index contributed by atoms with van der Waals surface area (Å²) in [6, 6.07) is 6.45. The summed E-state index contributed by atoms with van der Waals surface area (Å²) in [5, 5.41) is 13.8. The summed E-state index contributed by atoms with van der Waals surface area (Å²) in [6.07, 6.45) is 1.97. The highest BCUT2D eigenvalue weighted by Crippen LogP contribution is 2.26. The van der Waals surface area contributed by atoms with E-state index >= 15 is 0 Å². The summed E-state index contributed by atoms with van der Waals surface area (Å²) in [5.74, 6) is 3.18. The summed E-state index contributed by atoms with van der Waals surface area (Å²) >= 11 is 1.99. The zero-order valence-corrected chi connectivity index (χ0v) is 12.5. The number of nitrogens with one attached hydrogen (secondary N) is 1. The van der Waals surface area contributed by atoms with Crippen molar-refractivity contribution in [1.29, 1.82) is 0 Å². The average Bonchev–Trinajstić information content (AvgIpc) is 2.46. The van der Waals surface area contributed by atoms with E-state index < -0.39 is 6.10 Å². The van der Waals surface area contributed by atoms with Crippen molar-refractivity contribution in [2.24, 2.45) is 0 Å². The van der Waals surface area contributed by atoms with Crippen LogP contribution in [0.1, 0.15) is 30.1 Å². The molecule has 1 aliphatic heterocycles. The van der Waals surface area contributed by atoms with E-state index in [1.807, 2.05) is 36.9 Å². The maximum atomic E-state index is 10.3. The molecule has 2 unspecified atom stereocenters. The van der Waals surface area contributed by atoms with E-state index in [4.69, 9.17) is 4.74 Å². The Morgan fingerprint density at radius 3 is 3.05 bits per heavy atom. The van der Waals surface area contributed by atoms with Crippen LogP contribution in [-0.4, -0.2) is 36.3 Å². The number of rotatable bonds is 5. The number of ether oxygens (including phenoxy) is 1. The van der Waals surface area contributed by atoms with Gasteiger partial charge in [-0.3, -0.25) is 0 Å². The van der Waals surface area contributed by atoms with Gasteiger partial charge in [-0.2, -0.15) is 11.8 Å². The van der Waals surface area contributed by atoms with Crippen LogP contribution >= 0.6 is 11.8 Å². The van der Waals surface area contributed by atoms with E-state index in [9.17, 15) is 5.11 Å². The second kappa shape index (κ2) is 7.17. The van der Waals surface area contributed by atoms with Gasteiger partial charge in [-0.1, -0.05) is 11.6 Å². The highest BCUT2D eigenvalue weighted by atomic mass is 32.2. The van der Waals surface area contributed by atoms with Crippen LogP contribution in [0.15, 0.2) is 18.2 Å². The lowest BCUT2D eigenvalue weighted by atomic mass is 10.0. The first-order valence-corrected chi connectivity index (χ1v) is 8.00. The monoisotopic (exact) mass is 281 g/mol. The third-order valence-electron chi connectivity index (χ3n) is 3.50. The first-order chi connectivity index (χ1) is 9.20. The van der Waals surface area contributed by atoms with Crippen molar-refractivity contribution in [3.8, 4) is 5.75 Å². The van der Waals surface area contributed by atoms with Crippen LogP contribution < -0.4 is 10.1 Å². The Balaban J connectivity index is 1.94. The summed E-state index contributed by atoms with van der Waals surface area (Å²) in [7, 11) is 1.64. The third-order valence-corrected chi connectivity index (χ3v) is 4.72. The number of aliphatic hydroxyl groups excluding tert-OH is 1. The standard InChI is InChI=1S/C15H23NO2S/c1-11-5-6-15(18-2)13(8-11)14(17)9-16-12-4-3-7-19-10-12/h5-6,8,12,14,16-17H,3-4,7,9-10H2,1-2H3. The number of benzene rings is 1. The van der Waals surface area contributed by atoms with Crippen molar-refractivity contribution in [3.63, 3.8) is 0 Å². The van der Waals surface area contributed by atoms with Crippen LogP contribution in [0.2, 0.25) is 0 Å². The fourth-order valence-corrected chi connectivity index (χ4v) is 3.51. The molecule has 1 heterocycles. The van der Waals surface area contributed by atoms with Crippen molar-refractivity contribution in [2.75, 3.05) is 25.2 Å². The molecule has 0 bridgehead atoms. The highest BCUT2D eigenvalue weighted by Gasteiger charge is 2.17. The predicted molar refractivity (Wildman–Crippen MR) is 81.0 cm³/mol. The molecule has 2 rings (SSSR count). The summed E-state index contributed by atoms with van der Waals surface area (Å²) in [4.78, 5) is 0. The maximum Gasteiger partial charge on any atom is 0.124 e. The smallest absolute Gasteiger partial charge is 0.124 e. The Labute approximate surface area is 119 Å². The SMILES string of the molecule is COc1ccc(C)cc1C(O)CNC1CCCSC1. The average molecular weight is 281 g/mol. The van der Waals surface area contributed by atoms with E-state index in [1.54, 1.807) is 7.11 Å². The molecule has 106 valence electrons. The van der Waals surface area contributed by atoms with E-state index in [0.717, 1.165) is 22.6 Å². The van der Waals surface area contributed by atoms with Crippen molar-refractivity contribution in [1.82, 2.24) is 5.32 Å². The van der Waals surface area contributed by atoms with E-state index in [0.29, 0.717) is 12.6 Å². The Hall–Kier alpha value is -0.710. The van der Waals surface area contributed by atoms with Gasteiger partial charge in [0.25, 0.3) is 0 Å². The molecule has 1 aliphatic rings. The molecule has 1 aromatic carbocycles. The Kier molecular flexibility index (Phi) is 5.55. The Morgan fingerprint density at radius 1 is 1.53 bits per heavy atom. The molecule has 0 aliphatic carbocycles. The second-order valence-corrected chi connectivity index (χ2v) is 6.23. The normalized spacial score (nSPS) is 21.1. The van der Waals surface area contributed by atoms with Crippen LogP contribution in [0.4, 0.5) is 0 Å². The lowest BCUT2D eigenvalue weighted by Gasteiger charge is -2.24. The van der Waals surface area contributed by atoms with Crippen molar-refractivity contribution in [3.05, 3.63) is 29.3 Å². The van der Waals surface area contributed by atoms with E-state index in [2.05, 4.69) is 5.32 Å². The predicted octanol–water partition coefficient (Wildman–Crippen LogP) is 2.52. The van der Waals surface area contributed by atoms with Gasteiger partial charge in [0.15, 0.2) is 0 Å². The molecule has 19 heavy (non-hydrogen) atoms. The van der Waals surface area contributed by atoms with Gasteiger partial charge in [-0.15, -0.1) is 0 Å². The molecule has 1 aromatic rings. The number of thioether (sulfide) groups is 1. The van der Waals surface area contributed by atoms with Gasteiger partial charge in [0.1, 0.15) is 5.75 Å². The zero-order valence-electron chi connectivity index (χ0n) is 11.7.